The van der Waals surface area contributed by atoms with E-state index in [0.717, 1.165) is 5.56 Å². The summed E-state index contributed by atoms with van der Waals surface area (Å²) in [6, 6.07) is 6.39. The molecular formula is C11H10ClN3O2. The van der Waals surface area contributed by atoms with E-state index in [1.165, 1.54) is 6.07 Å². The third-order valence-corrected chi connectivity index (χ3v) is 2.52. The molecule has 1 aromatic carbocycles. The molecule has 3 N–H and O–H groups in total. The number of hydrogen-bond acceptors (Lipinski definition) is 2. The number of anilines is 1. The Hall–Kier alpha value is -2.01. The number of benzene rings is 1. The number of amides is 1. The van der Waals surface area contributed by atoms with Gasteiger partial charge in [-0.15, -0.1) is 0 Å². The molecule has 0 saturated carbocycles. The van der Waals surface area contributed by atoms with Crippen molar-refractivity contribution in [1.82, 2.24) is 10.2 Å². The monoisotopic (exact) mass is 251 g/mol. The molecule has 0 saturated heterocycles. The first-order valence-electron chi connectivity index (χ1n) is 4.91. The van der Waals surface area contributed by atoms with Crippen molar-refractivity contribution in [3.05, 3.63) is 50.9 Å². The van der Waals surface area contributed by atoms with E-state index in [4.69, 9.17) is 11.6 Å². The first-order chi connectivity index (χ1) is 8.06. The highest BCUT2D eigenvalue weighted by Crippen LogP contribution is 2.20. The maximum Gasteiger partial charge on any atom is 0.273 e. The molecule has 0 unspecified atom stereocenters. The van der Waals surface area contributed by atoms with Gasteiger partial charge in [0.25, 0.3) is 11.5 Å². The van der Waals surface area contributed by atoms with Gasteiger partial charge in [-0.25, -0.2) is 0 Å². The summed E-state index contributed by atoms with van der Waals surface area (Å²) >= 11 is 5.84. The molecule has 2 aromatic rings. The Morgan fingerprint density at radius 3 is 2.71 bits per heavy atom. The summed E-state index contributed by atoms with van der Waals surface area (Å²) < 4.78 is 0. The average molecular weight is 252 g/mol. The van der Waals surface area contributed by atoms with Crippen LogP contribution in [0.3, 0.4) is 0 Å². The highest BCUT2D eigenvalue weighted by molar-refractivity contribution is 6.31. The summed E-state index contributed by atoms with van der Waals surface area (Å²) in [7, 11) is 0. The Labute approximate surface area is 102 Å². The number of rotatable bonds is 2. The molecule has 5 nitrogen and oxygen atoms in total. The lowest BCUT2D eigenvalue weighted by molar-refractivity contribution is 0.102. The largest absolute Gasteiger partial charge is 0.320 e. The number of carbonyl (C=O) groups is 1. The van der Waals surface area contributed by atoms with Crippen molar-refractivity contribution in [2.75, 3.05) is 5.32 Å². The Kier molecular flexibility index (Phi) is 3.01. The summed E-state index contributed by atoms with van der Waals surface area (Å²) in [4.78, 5) is 22.6. The zero-order valence-electron chi connectivity index (χ0n) is 9.00. The van der Waals surface area contributed by atoms with Gasteiger partial charge in [-0.3, -0.25) is 19.8 Å². The molecule has 1 aromatic heterocycles. The molecule has 0 spiro atoms. The van der Waals surface area contributed by atoms with Gasteiger partial charge in [-0.1, -0.05) is 17.7 Å². The Morgan fingerprint density at radius 2 is 2.06 bits per heavy atom. The molecule has 2 rings (SSSR count). The minimum atomic E-state index is -0.395. The number of nitrogens with one attached hydrogen (secondary N) is 3. The van der Waals surface area contributed by atoms with Crippen molar-refractivity contribution >= 4 is 23.2 Å². The summed E-state index contributed by atoms with van der Waals surface area (Å²) in [6.45, 7) is 1.85. The lowest BCUT2D eigenvalue weighted by atomic mass is 10.2. The normalized spacial score (nSPS) is 10.2. The lowest BCUT2D eigenvalue weighted by Gasteiger charge is -2.07. The first kappa shape index (κ1) is 11.5. The third kappa shape index (κ3) is 2.57. The molecule has 1 amide bonds. The van der Waals surface area contributed by atoms with Gasteiger partial charge in [0.1, 0.15) is 5.69 Å². The number of halogens is 1. The van der Waals surface area contributed by atoms with Gasteiger partial charge >= 0.3 is 0 Å². The van der Waals surface area contributed by atoms with E-state index in [1.807, 2.05) is 6.92 Å². The van der Waals surface area contributed by atoms with Gasteiger partial charge in [0, 0.05) is 16.8 Å². The molecule has 0 bridgehead atoms. The van der Waals surface area contributed by atoms with Gasteiger partial charge in [0.05, 0.1) is 0 Å². The molecule has 6 heteroatoms. The second-order valence-electron chi connectivity index (χ2n) is 3.59. The molecule has 0 radical (unpaired) electrons. The van der Waals surface area contributed by atoms with Crippen molar-refractivity contribution in [3.8, 4) is 0 Å². The summed E-state index contributed by atoms with van der Waals surface area (Å²) in [5, 5.41) is 7.97. The molecule has 88 valence electrons. The summed E-state index contributed by atoms with van der Waals surface area (Å²) in [5.74, 6) is -0.395. The Balaban J connectivity index is 2.24. The van der Waals surface area contributed by atoms with Crippen molar-refractivity contribution in [3.63, 3.8) is 0 Å². The molecule has 17 heavy (non-hydrogen) atoms. The van der Waals surface area contributed by atoms with Crippen LogP contribution in [0.4, 0.5) is 5.69 Å². The second kappa shape index (κ2) is 4.47. The first-order valence-corrected chi connectivity index (χ1v) is 5.29. The average Bonchev–Trinajstić information content (AvgIpc) is 2.70. The van der Waals surface area contributed by atoms with Gasteiger partial charge < -0.3 is 5.32 Å². The Bertz CT molecular complexity index is 615. The maximum absolute atomic E-state index is 11.7. The van der Waals surface area contributed by atoms with E-state index >= 15 is 0 Å². The number of aryl methyl sites for hydroxylation is 1. The van der Waals surface area contributed by atoms with E-state index in [-0.39, 0.29) is 11.3 Å². The van der Waals surface area contributed by atoms with Crippen LogP contribution in [0.15, 0.2) is 29.1 Å². The molecule has 0 aliphatic heterocycles. The standard InChI is InChI=1S/C11H10ClN3O2/c1-6-2-3-7(12)4-8(6)13-11(17)9-5-10(16)15-14-9/h2-5H,1H3,(H,13,17)(H2,14,15,16). The highest BCUT2D eigenvalue weighted by atomic mass is 35.5. The van der Waals surface area contributed by atoms with Gasteiger partial charge in [-0.2, -0.15) is 0 Å². The van der Waals surface area contributed by atoms with Crippen LogP contribution in [0.1, 0.15) is 16.1 Å². The van der Waals surface area contributed by atoms with Crippen LogP contribution in [0, 0.1) is 6.92 Å². The maximum atomic E-state index is 11.7. The fourth-order valence-corrected chi connectivity index (χ4v) is 1.55. The van der Waals surface area contributed by atoms with Crippen molar-refractivity contribution in [2.45, 2.75) is 6.92 Å². The number of H-pyrrole nitrogens is 2. The third-order valence-electron chi connectivity index (χ3n) is 2.29. The fraction of sp³-hybridized carbons (Fsp3) is 0.0909. The number of aromatic nitrogens is 2. The van der Waals surface area contributed by atoms with Crippen molar-refractivity contribution in [2.24, 2.45) is 0 Å². The fourth-order valence-electron chi connectivity index (χ4n) is 1.37. The molecule has 0 fully saturated rings. The zero-order chi connectivity index (χ0) is 12.4. The molecular weight excluding hydrogens is 242 g/mol. The second-order valence-corrected chi connectivity index (χ2v) is 4.02. The quantitative estimate of drug-likeness (QED) is 0.763. The van der Waals surface area contributed by atoms with Crippen LogP contribution in [0.25, 0.3) is 0 Å². The predicted octanol–water partition coefficient (Wildman–Crippen LogP) is 1.92. The van der Waals surface area contributed by atoms with E-state index in [9.17, 15) is 9.59 Å². The van der Waals surface area contributed by atoms with Gasteiger partial charge in [0.2, 0.25) is 0 Å². The van der Waals surface area contributed by atoms with E-state index in [1.54, 1.807) is 18.2 Å². The van der Waals surface area contributed by atoms with Crippen LogP contribution >= 0.6 is 11.6 Å². The number of carbonyl (C=O) groups excluding carboxylic acids is 1. The summed E-state index contributed by atoms with van der Waals surface area (Å²) in [5.41, 5.74) is 1.33. The molecule has 0 atom stereocenters. The van der Waals surface area contributed by atoms with Crippen LogP contribution in [-0.4, -0.2) is 16.1 Å². The minimum absolute atomic E-state index is 0.175. The van der Waals surface area contributed by atoms with E-state index in [0.29, 0.717) is 10.7 Å². The highest BCUT2D eigenvalue weighted by Gasteiger charge is 2.09. The predicted molar refractivity (Wildman–Crippen MR) is 65.6 cm³/mol. The van der Waals surface area contributed by atoms with Crippen molar-refractivity contribution < 1.29 is 4.79 Å². The Morgan fingerprint density at radius 1 is 1.29 bits per heavy atom. The van der Waals surface area contributed by atoms with Gasteiger partial charge in [0.15, 0.2) is 0 Å². The van der Waals surface area contributed by atoms with Crippen LogP contribution in [0.5, 0.6) is 0 Å². The van der Waals surface area contributed by atoms with Gasteiger partial charge in [-0.05, 0) is 24.6 Å². The number of aromatic amines is 2. The minimum Gasteiger partial charge on any atom is -0.320 e. The molecule has 0 aliphatic rings. The smallest absolute Gasteiger partial charge is 0.273 e. The SMILES string of the molecule is Cc1ccc(Cl)cc1NC(=O)c1cc(=O)[nH][nH]1. The topological polar surface area (TPSA) is 77.8 Å². The lowest BCUT2D eigenvalue weighted by Crippen LogP contribution is -2.13. The van der Waals surface area contributed by atoms with E-state index in [2.05, 4.69) is 15.5 Å². The summed E-state index contributed by atoms with van der Waals surface area (Å²) in [6.07, 6.45) is 0. The van der Waals surface area contributed by atoms with E-state index < -0.39 is 5.91 Å². The number of hydrogen-bond donors (Lipinski definition) is 3. The van der Waals surface area contributed by atoms with Crippen LogP contribution in [-0.2, 0) is 0 Å². The van der Waals surface area contributed by atoms with Crippen LogP contribution in [0.2, 0.25) is 5.02 Å². The zero-order valence-corrected chi connectivity index (χ0v) is 9.76. The van der Waals surface area contributed by atoms with Crippen LogP contribution < -0.4 is 10.9 Å². The molecule has 1 heterocycles. The van der Waals surface area contributed by atoms with Crippen molar-refractivity contribution in [1.29, 1.82) is 0 Å². The molecule has 0 aliphatic carbocycles.